The first-order valence-electron chi connectivity index (χ1n) is 15.5. The summed E-state index contributed by atoms with van der Waals surface area (Å²) in [6.45, 7) is 5.35. The summed E-state index contributed by atoms with van der Waals surface area (Å²) < 4.78 is 21.1. The Morgan fingerprint density at radius 1 is 1.02 bits per heavy atom. The summed E-state index contributed by atoms with van der Waals surface area (Å²) in [5.74, 6) is -0.380. The number of nitrogens with one attached hydrogen (secondary N) is 2. The van der Waals surface area contributed by atoms with Gasteiger partial charge in [-0.1, -0.05) is 42.5 Å². The average molecular weight is 617 g/mol. The number of nitrogens with zero attached hydrogens (tertiary/aromatic N) is 2. The van der Waals surface area contributed by atoms with Gasteiger partial charge in [-0.15, -0.1) is 0 Å². The number of benzene rings is 2. The van der Waals surface area contributed by atoms with E-state index in [-0.39, 0.29) is 17.9 Å². The van der Waals surface area contributed by atoms with Gasteiger partial charge < -0.3 is 25.4 Å². The van der Waals surface area contributed by atoms with Gasteiger partial charge in [0, 0.05) is 36.2 Å². The number of pyridine rings is 1. The number of aromatic nitrogens is 1. The molecule has 1 aromatic heterocycles. The Bertz CT molecular complexity index is 1560. The van der Waals surface area contributed by atoms with E-state index < -0.39 is 29.1 Å². The highest BCUT2D eigenvalue weighted by atomic mass is 19.1. The molecule has 1 heterocycles. The highest BCUT2D eigenvalue weighted by Gasteiger charge is 2.48. The average Bonchev–Trinajstić information content (AvgIpc) is 3.76. The molecule has 0 spiro atoms. The van der Waals surface area contributed by atoms with E-state index in [1.807, 2.05) is 36.4 Å². The molecule has 2 aliphatic rings. The molecule has 2 saturated carbocycles. The molecule has 3 amide bonds. The Hall–Kier alpha value is -4.47. The lowest BCUT2D eigenvalue weighted by molar-refractivity contribution is -0.117. The fourth-order valence-electron chi connectivity index (χ4n) is 6.10. The number of amides is 3. The summed E-state index contributed by atoms with van der Waals surface area (Å²) in [6, 6.07) is 16.4. The van der Waals surface area contributed by atoms with E-state index in [0.717, 1.165) is 36.8 Å². The third-order valence-corrected chi connectivity index (χ3v) is 8.64. The van der Waals surface area contributed by atoms with E-state index in [2.05, 4.69) is 15.6 Å². The largest absolute Gasteiger partial charge is 0.465 e. The summed E-state index contributed by atoms with van der Waals surface area (Å²) in [5.41, 5.74) is 2.24. The summed E-state index contributed by atoms with van der Waals surface area (Å²) in [4.78, 5) is 42.8. The Balaban J connectivity index is 1.32. The molecule has 45 heavy (non-hydrogen) atoms. The van der Waals surface area contributed by atoms with Gasteiger partial charge >= 0.3 is 12.2 Å². The van der Waals surface area contributed by atoms with E-state index in [1.54, 1.807) is 46.1 Å². The minimum atomic E-state index is -0.929. The first kappa shape index (κ1) is 31.9. The monoisotopic (exact) mass is 616 g/mol. The van der Waals surface area contributed by atoms with Gasteiger partial charge in [-0.3, -0.25) is 9.78 Å². The van der Waals surface area contributed by atoms with Gasteiger partial charge in [0.05, 0.1) is 23.1 Å². The number of rotatable bonds is 8. The molecule has 2 aromatic carbocycles. The van der Waals surface area contributed by atoms with Crippen LogP contribution >= 0.6 is 0 Å². The van der Waals surface area contributed by atoms with E-state index in [9.17, 15) is 19.5 Å². The maximum Gasteiger partial charge on any atom is 0.408 e. The van der Waals surface area contributed by atoms with Crippen LogP contribution in [0.3, 0.4) is 0 Å². The molecule has 238 valence electrons. The van der Waals surface area contributed by atoms with Gasteiger partial charge in [0.2, 0.25) is 5.91 Å². The lowest BCUT2D eigenvalue weighted by atomic mass is 9.83. The number of halogens is 1. The summed E-state index contributed by atoms with van der Waals surface area (Å²) in [5, 5.41) is 15.1. The molecule has 5 rings (SSSR count). The topological polar surface area (TPSA) is 121 Å². The molecule has 9 nitrogen and oxygen atoms in total. The second kappa shape index (κ2) is 12.9. The third kappa shape index (κ3) is 7.79. The molecule has 3 aromatic rings. The zero-order valence-electron chi connectivity index (χ0n) is 26.2. The SMILES string of the molecule is CN(C(=O)O)[C@H]1CC[C@H](CC(=O)Nc2cnc(-c3ccc(C4(NC(=O)OC(C)(C)C)CC4)c(F)c3)c(-c3ccccc3)c2)CC1. The fraction of sp³-hybridized carbons (Fsp3) is 0.429. The van der Waals surface area contributed by atoms with Crippen molar-refractivity contribution in [3.8, 4) is 22.4 Å². The number of ether oxygens (including phenoxy) is 1. The van der Waals surface area contributed by atoms with Gasteiger partial charge in [-0.2, -0.15) is 0 Å². The number of carboxylic acid groups (broad SMARTS) is 1. The molecular weight excluding hydrogens is 575 g/mol. The van der Waals surface area contributed by atoms with Crippen LogP contribution in [0.25, 0.3) is 22.4 Å². The van der Waals surface area contributed by atoms with Gasteiger partial charge in [-0.25, -0.2) is 14.0 Å². The predicted molar refractivity (Wildman–Crippen MR) is 170 cm³/mol. The minimum Gasteiger partial charge on any atom is -0.465 e. The van der Waals surface area contributed by atoms with Crippen LogP contribution in [0.4, 0.5) is 19.7 Å². The summed E-state index contributed by atoms with van der Waals surface area (Å²) >= 11 is 0. The highest BCUT2D eigenvalue weighted by molar-refractivity contribution is 5.93. The highest BCUT2D eigenvalue weighted by Crippen LogP contribution is 2.47. The zero-order valence-corrected chi connectivity index (χ0v) is 26.2. The smallest absolute Gasteiger partial charge is 0.408 e. The quantitative estimate of drug-likeness (QED) is 0.240. The number of anilines is 1. The predicted octanol–water partition coefficient (Wildman–Crippen LogP) is 7.57. The van der Waals surface area contributed by atoms with Crippen LogP contribution in [0.15, 0.2) is 60.8 Å². The van der Waals surface area contributed by atoms with Crippen LogP contribution in [0.1, 0.15) is 71.3 Å². The van der Waals surface area contributed by atoms with Crippen molar-refractivity contribution < 1.29 is 28.6 Å². The number of hydrogen-bond acceptors (Lipinski definition) is 5. The normalized spacial score (nSPS) is 18.9. The molecule has 0 atom stereocenters. The van der Waals surface area contributed by atoms with Crippen LogP contribution in [0.5, 0.6) is 0 Å². The zero-order chi connectivity index (χ0) is 32.4. The summed E-state index contributed by atoms with van der Waals surface area (Å²) in [7, 11) is 1.59. The van der Waals surface area contributed by atoms with Gasteiger partial charge in [0.15, 0.2) is 0 Å². The van der Waals surface area contributed by atoms with Crippen LogP contribution in [0.2, 0.25) is 0 Å². The molecular formula is C35H41FN4O5. The van der Waals surface area contributed by atoms with Gasteiger partial charge in [0.1, 0.15) is 11.4 Å². The van der Waals surface area contributed by atoms with Crippen LogP contribution in [-0.4, -0.2) is 51.8 Å². The Morgan fingerprint density at radius 3 is 2.31 bits per heavy atom. The second-order valence-electron chi connectivity index (χ2n) is 13.2. The lowest BCUT2D eigenvalue weighted by Crippen LogP contribution is -2.39. The number of carbonyl (C=O) groups excluding carboxylic acids is 2. The number of hydrogen-bond donors (Lipinski definition) is 3. The van der Waals surface area contributed by atoms with Crippen molar-refractivity contribution in [2.75, 3.05) is 12.4 Å². The number of carbonyl (C=O) groups is 3. The maximum atomic E-state index is 15.7. The molecule has 0 radical (unpaired) electrons. The lowest BCUT2D eigenvalue weighted by Gasteiger charge is -2.32. The first-order valence-corrected chi connectivity index (χ1v) is 15.5. The Morgan fingerprint density at radius 2 is 1.71 bits per heavy atom. The van der Waals surface area contributed by atoms with Crippen LogP contribution in [0, 0.1) is 11.7 Å². The maximum absolute atomic E-state index is 15.7. The molecule has 2 aliphatic carbocycles. The number of alkyl carbamates (subject to hydrolysis) is 1. The van der Waals surface area contributed by atoms with Gasteiger partial charge in [-0.05, 0) is 82.9 Å². The minimum absolute atomic E-state index is 0.0121. The van der Waals surface area contributed by atoms with E-state index in [1.165, 1.54) is 11.0 Å². The second-order valence-corrected chi connectivity index (χ2v) is 13.2. The Kier molecular flexibility index (Phi) is 9.13. The third-order valence-electron chi connectivity index (χ3n) is 8.64. The van der Waals surface area contributed by atoms with Crippen molar-refractivity contribution in [1.29, 1.82) is 0 Å². The Labute approximate surface area is 263 Å². The standard InChI is InChI=1S/C35H41FN4O5/c1-34(2,3)45-32(42)39-35(16-17-35)28-15-12-24(19-29(28)36)31-27(23-8-6-5-7-9-23)20-25(21-37-31)38-30(41)18-22-10-13-26(14-11-22)40(4)33(43)44/h5-9,12,15,19-22,26H,10-11,13-14,16-18H2,1-4H3,(H,38,41)(H,39,42)(H,43,44)/t22-,26-. The molecule has 0 bridgehead atoms. The molecule has 0 unspecified atom stereocenters. The van der Waals surface area contributed by atoms with Crippen molar-refractivity contribution in [3.63, 3.8) is 0 Å². The van der Waals surface area contributed by atoms with Crippen molar-refractivity contribution in [2.45, 2.75) is 82.9 Å². The van der Waals surface area contributed by atoms with Crippen molar-refractivity contribution in [1.82, 2.24) is 15.2 Å². The van der Waals surface area contributed by atoms with Crippen LogP contribution < -0.4 is 10.6 Å². The molecule has 2 fully saturated rings. The van der Waals surface area contributed by atoms with Gasteiger partial charge in [0.25, 0.3) is 0 Å². The molecule has 3 N–H and O–H groups in total. The van der Waals surface area contributed by atoms with Crippen molar-refractivity contribution >= 4 is 23.8 Å². The van der Waals surface area contributed by atoms with Crippen molar-refractivity contribution in [3.05, 3.63) is 72.2 Å². The van der Waals surface area contributed by atoms with Crippen LogP contribution in [-0.2, 0) is 15.1 Å². The molecule has 10 heteroatoms. The van der Waals surface area contributed by atoms with Crippen molar-refractivity contribution in [2.24, 2.45) is 5.92 Å². The fourth-order valence-corrected chi connectivity index (χ4v) is 6.10. The van der Waals surface area contributed by atoms with E-state index in [0.29, 0.717) is 41.8 Å². The molecule has 0 saturated heterocycles. The first-order chi connectivity index (χ1) is 21.3. The summed E-state index contributed by atoms with van der Waals surface area (Å²) in [6.07, 6.45) is 4.71. The van der Waals surface area contributed by atoms with E-state index in [4.69, 9.17) is 4.74 Å². The molecule has 0 aliphatic heterocycles. The van der Waals surface area contributed by atoms with E-state index >= 15 is 4.39 Å².